The van der Waals surface area contributed by atoms with Gasteiger partial charge in [0.25, 0.3) is 5.56 Å². The lowest BCUT2D eigenvalue weighted by molar-refractivity contribution is -0.173. The molecule has 0 bridgehead atoms. The van der Waals surface area contributed by atoms with E-state index < -0.39 is 24.2 Å². The minimum absolute atomic E-state index is 0.00978. The summed E-state index contributed by atoms with van der Waals surface area (Å²) in [6.45, 7) is 8.56. The molecule has 3 rings (SSSR count). The largest absolute Gasteiger partial charge is 0.471 e. The fourth-order valence-corrected chi connectivity index (χ4v) is 2.72. The molecule has 0 saturated heterocycles. The highest BCUT2D eigenvalue weighted by molar-refractivity contribution is 5.99. The number of carbonyl (C=O) groups is 1. The number of rotatable bonds is 4. The molecule has 0 radical (unpaired) electrons. The summed E-state index contributed by atoms with van der Waals surface area (Å²) < 4.78 is 43.8. The predicted octanol–water partition coefficient (Wildman–Crippen LogP) is 2.52. The van der Waals surface area contributed by atoms with Gasteiger partial charge in [-0.05, 0) is 18.6 Å². The molecule has 3 heterocycles. The van der Waals surface area contributed by atoms with Gasteiger partial charge in [-0.25, -0.2) is 9.83 Å². The smallest absolute Gasteiger partial charge is 0.464 e. The number of halogens is 3. The molecule has 0 saturated carbocycles. The molecule has 0 spiro atoms. The van der Waals surface area contributed by atoms with Gasteiger partial charge < -0.3 is 19.3 Å². The molecular formula is C16H12F3N5O3. The molecule has 27 heavy (non-hydrogen) atoms. The molecule has 0 fully saturated rings. The molecule has 3 aromatic heterocycles. The summed E-state index contributed by atoms with van der Waals surface area (Å²) in [5, 5.41) is 1.74. The van der Waals surface area contributed by atoms with Crippen molar-refractivity contribution in [1.29, 1.82) is 0 Å². The van der Waals surface area contributed by atoms with Gasteiger partial charge in [-0.2, -0.15) is 13.2 Å². The maximum Gasteiger partial charge on any atom is 0.471 e. The van der Waals surface area contributed by atoms with E-state index in [9.17, 15) is 22.8 Å². The van der Waals surface area contributed by atoms with E-state index >= 15 is 0 Å². The summed E-state index contributed by atoms with van der Waals surface area (Å²) >= 11 is 0. The highest BCUT2D eigenvalue weighted by Gasteiger charge is 2.38. The third-order valence-corrected chi connectivity index (χ3v) is 3.88. The number of H-pyrrole nitrogens is 1. The minimum Gasteiger partial charge on any atom is -0.464 e. The molecule has 11 heteroatoms. The van der Waals surface area contributed by atoms with Gasteiger partial charge in [-0.15, -0.1) is 0 Å². The van der Waals surface area contributed by atoms with Crippen LogP contribution in [0.15, 0.2) is 27.9 Å². The number of nitrogens with zero attached hydrogens (tertiary/aromatic N) is 3. The van der Waals surface area contributed by atoms with Crippen molar-refractivity contribution in [1.82, 2.24) is 19.9 Å². The average molecular weight is 379 g/mol. The quantitative estimate of drug-likeness (QED) is 0.681. The molecular weight excluding hydrogens is 367 g/mol. The van der Waals surface area contributed by atoms with Gasteiger partial charge in [0.05, 0.1) is 24.9 Å². The number of aromatic amines is 1. The van der Waals surface area contributed by atoms with E-state index in [-0.39, 0.29) is 29.0 Å². The molecule has 0 aliphatic rings. The van der Waals surface area contributed by atoms with Crippen LogP contribution in [0.25, 0.3) is 27.3 Å². The van der Waals surface area contributed by atoms with Gasteiger partial charge in [0.2, 0.25) is 5.69 Å². The lowest BCUT2D eigenvalue weighted by atomic mass is 10.2. The van der Waals surface area contributed by atoms with Crippen LogP contribution in [-0.4, -0.2) is 33.2 Å². The molecule has 0 aliphatic carbocycles. The number of hydrogen-bond donors (Lipinski definition) is 2. The number of carbonyl (C=O) groups excluding carboxylic acids is 1. The normalized spacial score (nSPS) is 11.5. The second-order valence-corrected chi connectivity index (χ2v) is 5.58. The van der Waals surface area contributed by atoms with Crippen molar-refractivity contribution in [3.8, 4) is 11.5 Å². The van der Waals surface area contributed by atoms with E-state index in [1.54, 1.807) is 18.3 Å². The van der Waals surface area contributed by atoms with Crippen molar-refractivity contribution in [2.75, 3.05) is 6.54 Å². The molecule has 3 aromatic rings. The second-order valence-electron chi connectivity index (χ2n) is 5.58. The number of amides is 1. The van der Waals surface area contributed by atoms with Crippen LogP contribution in [0.2, 0.25) is 0 Å². The lowest BCUT2D eigenvalue weighted by Gasteiger charge is -2.12. The van der Waals surface area contributed by atoms with Crippen LogP contribution in [0.4, 0.5) is 18.9 Å². The lowest BCUT2D eigenvalue weighted by Crippen LogP contribution is -2.38. The SMILES string of the molecule is [C-]#[N+]c1c(-c2occc2C)n(CCNC(=O)C(F)(F)F)c2c(=O)[nH]cnc12. The molecule has 140 valence electrons. The Morgan fingerprint density at radius 3 is 2.81 bits per heavy atom. The molecule has 1 amide bonds. The van der Waals surface area contributed by atoms with Gasteiger partial charge in [-0.3, -0.25) is 9.59 Å². The van der Waals surface area contributed by atoms with Gasteiger partial charge in [-0.1, -0.05) is 0 Å². The zero-order chi connectivity index (χ0) is 19.8. The minimum atomic E-state index is -5.01. The van der Waals surface area contributed by atoms with Gasteiger partial charge in [0.15, 0.2) is 0 Å². The van der Waals surface area contributed by atoms with Crippen LogP contribution in [0.1, 0.15) is 5.56 Å². The van der Waals surface area contributed by atoms with Crippen molar-refractivity contribution < 1.29 is 22.4 Å². The van der Waals surface area contributed by atoms with Crippen molar-refractivity contribution in [2.45, 2.75) is 19.6 Å². The van der Waals surface area contributed by atoms with E-state index in [4.69, 9.17) is 11.0 Å². The fourth-order valence-electron chi connectivity index (χ4n) is 2.72. The first-order valence-electron chi connectivity index (χ1n) is 7.62. The van der Waals surface area contributed by atoms with Crippen molar-refractivity contribution in [3.05, 3.63) is 46.0 Å². The number of fused-ring (bicyclic) bond motifs is 1. The summed E-state index contributed by atoms with van der Waals surface area (Å²) in [6, 6.07) is 1.65. The van der Waals surface area contributed by atoms with Gasteiger partial charge in [0, 0.05) is 13.1 Å². The first-order valence-corrected chi connectivity index (χ1v) is 7.62. The van der Waals surface area contributed by atoms with E-state index in [0.717, 1.165) is 6.33 Å². The topological polar surface area (TPSA) is 97.3 Å². The summed E-state index contributed by atoms with van der Waals surface area (Å²) in [6.07, 6.45) is -2.49. The van der Waals surface area contributed by atoms with E-state index in [1.807, 2.05) is 0 Å². The Balaban J connectivity index is 2.13. The van der Waals surface area contributed by atoms with E-state index in [1.165, 1.54) is 10.8 Å². The summed E-state index contributed by atoms with van der Waals surface area (Å²) in [5.41, 5.74) is 0.462. The van der Waals surface area contributed by atoms with Crippen LogP contribution in [-0.2, 0) is 11.3 Å². The Kier molecular flexibility index (Phi) is 4.49. The Hall–Kier alpha value is -3.55. The van der Waals surface area contributed by atoms with Crippen molar-refractivity contribution in [3.63, 3.8) is 0 Å². The van der Waals surface area contributed by atoms with Crippen molar-refractivity contribution >= 4 is 22.6 Å². The Morgan fingerprint density at radius 2 is 2.22 bits per heavy atom. The Morgan fingerprint density at radius 1 is 1.48 bits per heavy atom. The van der Waals surface area contributed by atoms with Crippen molar-refractivity contribution in [2.24, 2.45) is 0 Å². The van der Waals surface area contributed by atoms with Gasteiger partial charge >= 0.3 is 12.1 Å². The predicted molar refractivity (Wildman–Crippen MR) is 88.1 cm³/mol. The molecule has 8 nitrogen and oxygen atoms in total. The van der Waals surface area contributed by atoms with Crippen LogP contribution >= 0.6 is 0 Å². The number of hydrogen-bond acceptors (Lipinski definition) is 4. The van der Waals surface area contributed by atoms with E-state index in [2.05, 4.69) is 14.8 Å². The maximum absolute atomic E-state index is 12.4. The number of aryl methyl sites for hydroxylation is 1. The first-order chi connectivity index (χ1) is 12.8. The molecule has 0 aliphatic heterocycles. The number of nitrogens with one attached hydrogen (secondary N) is 2. The Labute approximate surface area is 149 Å². The molecule has 0 unspecified atom stereocenters. The highest BCUT2D eigenvalue weighted by atomic mass is 19.4. The third kappa shape index (κ3) is 3.17. The van der Waals surface area contributed by atoms with E-state index in [0.29, 0.717) is 11.3 Å². The summed E-state index contributed by atoms with van der Waals surface area (Å²) in [5.74, 6) is -1.80. The molecule has 2 N–H and O–H groups in total. The third-order valence-electron chi connectivity index (χ3n) is 3.88. The number of furan rings is 1. The van der Waals surface area contributed by atoms with Crippen LogP contribution in [0.5, 0.6) is 0 Å². The first kappa shape index (κ1) is 18.2. The summed E-state index contributed by atoms with van der Waals surface area (Å²) in [7, 11) is 0. The monoisotopic (exact) mass is 379 g/mol. The highest BCUT2D eigenvalue weighted by Crippen LogP contribution is 2.39. The molecule has 0 atom stereocenters. The number of alkyl halides is 3. The van der Waals surface area contributed by atoms with Crippen LogP contribution in [0, 0.1) is 13.5 Å². The average Bonchev–Trinajstić information content (AvgIpc) is 3.15. The zero-order valence-corrected chi connectivity index (χ0v) is 13.8. The van der Waals surface area contributed by atoms with Crippen LogP contribution in [0.3, 0.4) is 0 Å². The fraction of sp³-hybridized carbons (Fsp3) is 0.250. The van der Waals surface area contributed by atoms with Gasteiger partial charge in [0.1, 0.15) is 16.8 Å². The Bertz CT molecular complexity index is 1120. The standard InChI is InChI=1S/C16H12F3N5O3/c1-8-3-6-27-13(8)11-9(20-2)10-12(14(25)23-7-22-10)24(11)5-4-21-15(26)16(17,18)19/h3,6-7H,4-5H2,1H3,(H,21,26)(H,22,23,25). The number of aromatic nitrogens is 3. The summed E-state index contributed by atoms with van der Waals surface area (Å²) in [4.78, 5) is 33.1. The van der Waals surface area contributed by atoms with Crippen LogP contribution < -0.4 is 10.9 Å². The maximum atomic E-state index is 12.4. The molecule has 0 aromatic carbocycles. The second kappa shape index (κ2) is 6.64. The zero-order valence-electron chi connectivity index (χ0n) is 13.8.